The Hall–Kier alpha value is -0.610. The Labute approximate surface area is 99.5 Å². The van der Waals surface area contributed by atoms with Gasteiger partial charge in [0.05, 0.1) is 0 Å². The van der Waals surface area contributed by atoms with E-state index in [-0.39, 0.29) is 11.8 Å². The molecule has 0 spiro atoms. The number of amides is 1. The number of hydrogen-bond donors (Lipinski definition) is 2. The third-order valence-corrected chi connectivity index (χ3v) is 2.37. The molecule has 0 heterocycles. The number of carbonyl (C=O) groups excluding carboxylic acids is 1. The first-order valence-electron chi connectivity index (χ1n) is 6.09. The van der Waals surface area contributed by atoms with Gasteiger partial charge in [0, 0.05) is 25.6 Å². The average molecular weight is 229 g/mol. The zero-order chi connectivity index (χ0) is 12.7. The summed E-state index contributed by atoms with van der Waals surface area (Å²) in [5.41, 5.74) is 2.21. The molecule has 0 aliphatic carbocycles. The van der Waals surface area contributed by atoms with Crippen molar-refractivity contribution in [1.82, 2.24) is 10.3 Å². The molecule has 3 N–H and O–H groups in total. The number of nitrogens with zero attached hydrogens (tertiary/aromatic N) is 1. The van der Waals surface area contributed by atoms with Crippen molar-refractivity contribution in [3.63, 3.8) is 0 Å². The van der Waals surface area contributed by atoms with Crippen LogP contribution >= 0.6 is 0 Å². The fraction of sp³-hybridized carbons (Fsp3) is 0.917. The molecule has 4 nitrogen and oxygen atoms in total. The number of hydrogen-bond acceptors (Lipinski definition) is 3. The molecule has 0 aromatic heterocycles. The van der Waals surface area contributed by atoms with Gasteiger partial charge < -0.3 is 4.90 Å². The van der Waals surface area contributed by atoms with E-state index < -0.39 is 0 Å². The monoisotopic (exact) mass is 229 g/mol. The summed E-state index contributed by atoms with van der Waals surface area (Å²) in [5, 5.41) is 0. The Bertz CT molecular complexity index is 194. The van der Waals surface area contributed by atoms with Gasteiger partial charge in [-0.2, -0.15) is 0 Å². The summed E-state index contributed by atoms with van der Waals surface area (Å²) in [6.07, 6.45) is 0. The van der Waals surface area contributed by atoms with Gasteiger partial charge >= 0.3 is 0 Å². The van der Waals surface area contributed by atoms with E-state index in [0.717, 1.165) is 19.6 Å². The predicted octanol–water partition coefficient (Wildman–Crippen LogP) is 1.23. The molecule has 0 bridgehead atoms. The van der Waals surface area contributed by atoms with Crippen LogP contribution in [0.25, 0.3) is 0 Å². The smallest absolute Gasteiger partial charge is 0.237 e. The van der Waals surface area contributed by atoms with Crippen molar-refractivity contribution in [1.29, 1.82) is 0 Å². The second-order valence-corrected chi connectivity index (χ2v) is 5.42. The summed E-state index contributed by atoms with van der Waals surface area (Å²) >= 11 is 0. The summed E-state index contributed by atoms with van der Waals surface area (Å²) in [6.45, 7) is 13.5. The molecule has 4 heteroatoms. The van der Waals surface area contributed by atoms with Gasteiger partial charge in [-0.3, -0.25) is 10.2 Å². The molecule has 0 aliphatic heterocycles. The Morgan fingerprint density at radius 1 is 1.06 bits per heavy atom. The highest BCUT2D eigenvalue weighted by atomic mass is 16.2. The van der Waals surface area contributed by atoms with E-state index in [9.17, 15) is 4.79 Å². The van der Waals surface area contributed by atoms with Crippen molar-refractivity contribution in [3.8, 4) is 0 Å². The summed E-state index contributed by atoms with van der Waals surface area (Å²) in [5.74, 6) is 6.23. The van der Waals surface area contributed by atoms with Crippen LogP contribution in [0.5, 0.6) is 0 Å². The van der Waals surface area contributed by atoms with Gasteiger partial charge in [-0.15, -0.1) is 0 Å². The van der Waals surface area contributed by atoms with Crippen LogP contribution in [0.4, 0.5) is 0 Å². The van der Waals surface area contributed by atoms with Crippen molar-refractivity contribution >= 4 is 5.91 Å². The van der Waals surface area contributed by atoms with E-state index >= 15 is 0 Å². The summed E-state index contributed by atoms with van der Waals surface area (Å²) in [4.78, 5) is 13.7. The normalized spacial score (nSPS) is 13.6. The molecule has 0 aliphatic rings. The lowest BCUT2D eigenvalue weighted by molar-refractivity contribution is -0.125. The average Bonchev–Trinajstić information content (AvgIpc) is 2.14. The van der Waals surface area contributed by atoms with Crippen LogP contribution in [0, 0.1) is 17.8 Å². The molecule has 1 unspecified atom stereocenters. The van der Waals surface area contributed by atoms with Crippen LogP contribution in [0.1, 0.15) is 34.6 Å². The van der Waals surface area contributed by atoms with Crippen LogP contribution in [0.3, 0.4) is 0 Å². The van der Waals surface area contributed by atoms with Crippen molar-refractivity contribution < 1.29 is 4.79 Å². The van der Waals surface area contributed by atoms with Gasteiger partial charge in [0.2, 0.25) is 5.91 Å². The Morgan fingerprint density at radius 3 is 1.81 bits per heavy atom. The second-order valence-electron chi connectivity index (χ2n) is 5.42. The zero-order valence-electron chi connectivity index (χ0n) is 11.3. The van der Waals surface area contributed by atoms with Crippen LogP contribution in [-0.4, -0.2) is 30.4 Å². The molecule has 96 valence electrons. The maximum absolute atomic E-state index is 11.4. The zero-order valence-corrected chi connectivity index (χ0v) is 11.3. The third-order valence-electron chi connectivity index (χ3n) is 2.37. The molecule has 0 radical (unpaired) electrons. The summed E-state index contributed by atoms with van der Waals surface area (Å²) in [7, 11) is 0. The van der Waals surface area contributed by atoms with Crippen LogP contribution in [0.15, 0.2) is 0 Å². The minimum atomic E-state index is -0.0856. The lowest BCUT2D eigenvalue weighted by Crippen LogP contribution is -2.42. The maximum atomic E-state index is 11.4. The largest absolute Gasteiger partial charge is 0.302 e. The molecule has 1 atom stereocenters. The Balaban J connectivity index is 4.24. The molecule has 1 amide bonds. The molecule has 0 rings (SSSR count). The number of carbonyl (C=O) groups is 1. The van der Waals surface area contributed by atoms with Crippen LogP contribution < -0.4 is 11.3 Å². The van der Waals surface area contributed by atoms with Crippen molar-refractivity contribution in [2.24, 2.45) is 23.6 Å². The Morgan fingerprint density at radius 2 is 1.50 bits per heavy atom. The van der Waals surface area contributed by atoms with E-state index in [1.807, 2.05) is 6.92 Å². The van der Waals surface area contributed by atoms with Gasteiger partial charge in [-0.25, -0.2) is 5.84 Å². The SMILES string of the molecule is CC(C)CN(CC(C)C)CC(C)C(=O)NN. The van der Waals surface area contributed by atoms with Crippen molar-refractivity contribution in [2.45, 2.75) is 34.6 Å². The van der Waals surface area contributed by atoms with E-state index in [4.69, 9.17) is 5.84 Å². The first-order chi connectivity index (χ1) is 7.36. The minimum absolute atomic E-state index is 0.0532. The maximum Gasteiger partial charge on any atom is 0.237 e. The third kappa shape index (κ3) is 6.80. The topological polar surface area (TPSA) is 58.4 Å². The van der Waals surface area contributed by atoms with Gasteiger partial charge in [0.1, 0.15) is 0 Å². The number of hydrazine groups is 1. The first kappa shape index (κ1) is 15.4. The molecule has 16 heavy (non-hydrogen) atoms. The molecule has 0 saturated heterocycles. The minimum Gasteiger partial charge on any atom is -0.302 e. The van der Waals surface area contributed by atoms with Crippen molar-refractivity contribution in [2.75, 3.05) is 19.6 Å². The van der Waals surface area contributed by atoms with Crippen LogP contribution in [-0.2, 0) is 4.79 Å². The lowest BCUT2D eigenvalue weighted by Gasteiger charge is -2.28. The highest BCUT2D eigenvalue weighted by Gasteiger charge is 2.17. The highest BCUT2D eigenvalue weighted by molar-refractivity contribution is 5.77. The van der Waals surface area contributed by atoms with Gasteiger partial charge in [-0.1, -0.05) is 34.6 Å². The lowest BCUT2D eigenvalue weighted by atomic mass is 10.1. The molecular weight excluding hydrogens is 202 g/mol. The van der Waals surface area contributed by atoms with E-state index in [0.29, 0.717) is 11.8 Å². The molecule has 0 aromatic rings. The predicted molar refractivity (Wildman–Crippen MR) is 67.6 cm³/mol. The standard InChI is InChI=1S/C12H27N3O/c1-9(2)6-15(7-10(3)4)8-11(5)12(16)14-13/h9-11H,6-8,13H2,1-5H3,(H,14,16). The fourth-order valence-electron chi connectivity index (χ4n) is 1.87. The highest BCUT2D eigenvalue weighted by Crippen LogP contribution is 2.07. The van der Waals surface area contributed by atoms with Gasteiger partial charge in [0.25, 0.3) is 0 Å². The second kappa shape index (κ2) is 7.63. The first-order valence-corrected chi connectivity index (χ1v) is 6.09. The summed E-state index contributed by atoms with van der Waals surface area (Å²) in [6, 6.07) is 0. The molecule has 0 fully saturated rings. The molecule has 0 aromatic carbocycles. The fourth-order valence-corrected chi connectivity index (χ4v) is 1.87. The van der Waals surface area contributed by atoms with E-state index in [1.165, 1.54) is 0 Å². The van der Waals surface area contributed by atoms with E-state index in [2.05, 4.69) is 38.0 Å². The van der Waals surface area contributed by atoms with Gasteiger partial charge in [0.15, 0.2) is 0 Å². The quantitative estimate of drug-likeness (QED) is 0.392. The summed E-state index contributed by atoms with van der Waals surface area (Å²) < 4.78 is 0. The van der Waals surface area contributed by atoms with E-state index in [1.54, 1.807) is 0 Å². The molecule has 0 saturated carbocycles. The van der Waals surface area contributed by atoms with Gasteiger partial charge in [-0.05, 0) is 11.8 Å². The van der Waals surface area contributed by atoms with Crippen LogP contribution in [0.2, 0.25) is 0 Å². The Kier molecular flexibility index (Phi) is 7.34. The number of nitrogens with two attached hydrogens (primary N) is 1. The number of nitrogens with one attached hydrogen (secondary N) is 1. The molecular formula is C12H27N3O. The number of rotatable bonds is 7. The van der Waals surface area contributed by atoms with Crippen molar-refractivity contribution in [3.05, 3.63) is 0 Å².